The van der Waals surface area contributed by atoms with Gasteiger partial charge in [-0.15, -0.1) is 0 Å². The van der Waals surface area contributed by atoms with Gasteiger partial charge in [0.25, 0.3) is 5.69 Å². The Morgan fingerprint density at radius 3 is 2.53 bits per heavy atom. The number of hydrogen-bond acceptors (Lipinski definition) is 3. The minimum Gasteiger partial charge on any atom is -0.314 e. The molecule has 1 aliphatic carbocycles. The van der Waals surface area contributed by atoms with Crippen LogP contribution in [0.3, 0.4) is 0 Å². The highest BCUT2D eigenvalue weighted by molar-refractivity contribution is 5.32. The summed E-state index contributed by atoms with van der Waals surface area (Å²) in [5.41, 5.74) is 1.31. The molecule has 1 fully saturated rings. The number of hydrogen-bond donors (Lipinski definition) is 1. The fourth-order valence-electron chi connectivity index (χ4n) is 2.85. The van der Waals surface area contributed by atoms with Crippen molar-refractivity contribution in [1.29, 1.82) is 0 Å². The monoisotopic (exact) mass is 262 g/mol. The number of benzene rings is 1. The number of nitrogens with zero attached hydrogens (tertiary/aromatic N) is 1. The van der Waals surface area contributed by atoms with E-state index in [0.29, 0.717) is 6.04 Å². The third kappa shape index (κ3) is 4.03. The van der Waals surface area contributed by atoms with Crippen molar-refractivity contribution < 1.29 is 4.92 Å². The van der Waals surface area contributed by atoms with Gasteiger partial charge >= 0.3 is 0 Å². The van der Waals surface area contributed by atoms with E-state index in [2.05, 4.69) is 12.2 Å². The first-order chi connectivity index (χ1) is 9.16. The second-order valence-electron chi connectivity index (χ2n) is 5.46. The van der Waals surface area contributed by atoms with Crippen LogP contribution in [0, 0.1) is 16.0 Å². The first kappa shape index (κ1) is 14.0. The summed E-state index contributed by atoms with van der Waals surface area (Å²) in [4.78, 5) is 10.2. The van der Waals surface area contributed by atoms with E-state index in [0.717, 1.165) is 24.4 Å². The van der Waals surface area contributed by atoms with Crippen molar-refractivity contribution >= 4 is 5.69 Å². The maximum atomic E-state index is 10.6. The molecule has 0 aromatic heterocycles. The largest absolute Gasteiger partial charge is 0.314 e. The van der Waals surface area contributed by atoms with Crippen LogP contribution in [0.15, 0.2) is 24.3 Å². The van der Waals surface area contributed by atoms with E-state index in [1.54, 1.807) is 12.1 Å². The molecule has 1 atom stereocenters. The summed E-state index contributed by atoms with van der Waals surface area (Å²) in [6.07, 6.45) is 6.38. The highest BCUT2D eigenvalue weighted by Gasteiger charge is 2.20. The smallest absolute Gasteiger partial charge is 0.269 e. The number of nitrogens with one attached hydrogen (secondary N) is 1. The molecular weight excluding hydrogens is 240 g/mol. The van der Waals surface area contributed by atoms with Gasteiger partial charge in [0, 0.05) is 18.2 Å². The maximum absolute atomic E-state index is 10.6. The molecule has 0 bridgehead atoms. The molecule has 0 amide bonds. The molecule has 0 heterocycles. The van der Waals surface area contributed by atoms with E-state index in [1.807, 2.05) is 12.1 Å². The summed E-state index contributed by atoms with van der Waals surface area (Å²) in [5.74, 6) is 0.830. The Morgan fingerprint density at radius 2 is 1.95 bits per heavy atom. The SMILES string of the molecule is C[C@@H](NCCc1ccc([N+](=O)[O-])cc1)C1CCCC1. The standard InChI is InChI=1S/C15H22N2O2/c1-12(14-4-2-3-5-14)16-11-10-13-6-8-15(9-7-13)17(18)19/h6-9,12,14,16H,2-5,10-11H2,1H3/t12-/m1/s1. The normalized spacial score (nSPS) is 17.5. The van der Waals surface area contributed by atoms with Gasteiger partial charge in [-0.25, -0.2) is 0 Å². The lowest BCUT2D eigenvalue weighted by atomic mass is 9.99. The zero-order valence-electron chi connectivity index (χ0n) is 11.5. The first-order valence-corrected chi connectivity index (χ1v) is 7.13. The van der Waals surface area contributed by atoms with Crippen LogP contribution in [-0.2, 0) is 6.42 Å². The first-order valence-electron chi connectivity index (χ1n) is 7.13. The van der Waals surface area contributed by atoms with Gasteiger partial charge in [-0.3, -0.25) is 10.1 Å². The molecule has 0 unspecified atom stereocenters. The molecule has 0 radical (unpaired) electrons. The number of rotatable bonds is 6. The van der Waals surface area contributed by atoms with Crippen molar-refractivity contribution in [2.24, 2.45) is 5.92 Å². The fourth-order valence-corrected chi connectivity index (χ4v) is 2.85. The molecule has 1 N–H and O–H groups in total. The molecule has 4 nitrogen and oxygen atoms in total. The van der Waals surface area contributed by atoms with Crippen molar-refractivity contribution in [3.05, 3.63) is 39.9 Å². The molecule has 0 spiro atoms. The van der Waals surface area contributed by atoms with Crippen molar-refractivity contribution in [3.63, 3.8) is 0 Å². The van der Waals surface area contributed by atoms with Crippen LogP contribution in [0.5, 0.6) is 0 Å². The molecular formula is C15H22N2O2. The summed E-state index contributed by atoms with van der Waals surface area (Å²) >= 11 is 0. The van der Waals surface area contributed by atoms with Crippen molar-refractivity contribution in [3.8, 4) is 0 Å². The summed E-state index contributed by atoms with van der Waals surface area (Å²) < 4.78 is 0. The van der Waals surface area contributed by atoms with E-state index in [1.165, 1.54) is 25.7 Å². The van der Waals surface area contributed by atoms with Crippen LogP contribution in [-0.4, -0.2) is 17.5 Å². The van der Waals surface area contributed by atoms with Gasteiger partial charge in [0.1, 0.15) is 0 Å². The third-order valence-corrected chi connectivity index (χ3v) is 4.13. The van der Waals surface area contributed by atoms with Gasteiger partial charge < -0.3 is 5.32 Å². The minimum absolute atomic E-state index is 0.163. The van der Waals surface area contributed by atoms with Crippen LogP contribution in [0.1, 0.15) is 38.2 Å². The van der Waals surface area contributed by atoms with Gasteiger partial charge in [-0.05, 0) is 44.2 Å². The number of non-ortho nitro benzene ring substituents is 1. The zero-order chi connectivity index (χ0) is 13.7. The predicted octanol–water partition coefficient (Wildman–Crippen LogP) is 3.31. The quantitative estimate of drug-likeness (QED) is 0.632. The lowest BCUT2D eigenvalue weighted by molar-refractivity contribution is -0.384. The average Bonchev–Trinajstić information content (AvgIpc) is 2.93. The van der Waals surface area contributed by atoms with Gasteiger partial charge in [-0.2, -0.15) is 0 Å². The van der Waals surface area contributed by atoms with E-state index in [-0.39, 0.29) is 10.6 Å². The van der Waals surface area contributed by atoms with Crippen LogP contribution in [0.4, 0.5) is 5.69 Å². The molecule has 104 valence electrons. The highest BCUT2D eigenvalue weighted by atomic mass is 16.6. The van der Waals surface area contributed by atoms with Crippen LogP contribution < -0.4 is 5.32 Å². The Kier molecular flexibility index (Phi) is 4.91. The Morgan fingerprint density at radius 1 is 1.32 bits per heavy atom. The Hall–Kier alpha value is -1.42. The Bertz CT molecular complexity index is 411. The lowest BCUT2D eigenvalue weighted by Gasteiger charge is -2.20. The van der Waals surface area contributed by atoms with Gasteiger partial charge in [0.2, 0.25) is 0 Å². The average molecular weight is 262 g/mol. The Labute approximate surface area is 114 Å². The Balaban J connectivity index is 1.74. The van der Waals surface area contributed by atoms with E-state index < -0.39 is 0 Å². The van der Waals surface area contributed by atoms with Gasteiger partial charge in [0.15, 0.2) is 0 Å². The number of nitro benzene ring substituents is 1. The van der Waals surface area contributed by atoms with Crippen molar-refractivity contribution in [2.45, 2.75) is 45.1 Å². The third-order valence-electron chi connectivity index (χ3n) is 4.13. The van der Waals surface area contributed by atoms with Gasteiger partial charge in [0.05, 0.1) is 4.92 Å². The molecule has 4 heteroatoms. The van der Waals surface area contributed by atoms with E-state index in [9.17, 15) is 10.1 Å². The van der Waals surface area contributed by atoms with Crippen LogP contribution >= 0.6 is 0 Å². The molecule has 1 aromatic rings. The predicted molar refractivity (Wildman–Crippen MR) is 76.2 cm³/mol. The van der Waals surface area contributed by atoms with E-state index >= 15 is 0 Å². The highest BCUT2D eigenvalue weighted by Crippen LogP contribution is 2.27. The summed E-state index contributed by atoms with van der Waals surface area (Å²) in [6, 6.07) is 7.44. The second kappa shape index (κ2) is 6.66. The van der Waals surface area contributed by atoms with E-state index in [4.69, 9.17) is 0 Å². The molecule has 1 aliphatic rings. The summed E-state index contributed by atoms with van der Waals surface area (Å²) in [5, 5.41) is 14.1. The van der Waals surface area contributed by atoms with Crippen LogP contribution in [0.25, 0.3) is 0 Å². The van der Waals surface area contributed by atoms with Crippen molar-refractivity contribution in [2.75, 3.05) is 6.54 Å². The second-order valence-corrected chi connectivity index (χ2v) is 5.46. The van der Waals surface area contributed by atoms with Gasteiger partial charge in [-0.1, -0.05) is 25.0 Å². The molecule has 0 saturated heterocycles. The topological polar surface area (TPSA) is 55.2 Å². The molecule has 0 aliphatic heterocycles. The minimum atomic E-state index is -0.357. The molecule has 2 rings (SSSR count). The lowest BCUT2D eigenvalue weighted by Crippen LogP contribution is -2.33. The molecule has 1 aromatic carbocycles. The molecule has 19 heavy (non-hydrogen) atoms. The molecule has 1 saturated carbocycles. The van der Waals surface area contributed by atoms with Crippen molar-refractivity contribution in [1.82, 2.24) is 5.32 Å². The van der Waals surface area contributed by atoms with Crippen LogP contribution in [0.2, 0.25) is 0 Å². The zero-order valence-corrected chi connectivity index (χ0v) is 11.5. The fraction of sp³-hybridized carbons (Fsp3) is 0.600. The summed E-state index contributed by atoms with van der Waals surface area (Å²) in [7, 11) is 0. The summed E-state index contributed by atoms with van der Waals surface area (Å²) in [6.45, 7) is 3.21. The maximum Gasteiger partial charge on any atom is 0.269 e. The number of nitro groups is 1.